The van der Waals surface area contributed by atoms with Crippen molar-refractivity contribution in [2.45, 2.75) is 533 Å². The average Bonchev–Trinajstić information content (AvgIpc) is 0.783. The normalized spacial score (nSPS) is 27.7. The molecule has 1 amide bonds. The molecule has 0 aliphatic carbocycles. The summed E-state index contributed by atoms with van der Waals surface area (Å²) in [7, 11) is -21.7. The zero-order chi connectivity index (χ0) is 102. The van der Waals surface area contributed by atoms with Gasteiger partial charge in [-0.3, -0.25) is 14.4 Å². The van der Waals surface area contributed by atoms with Gasteiger partial charge in [0, 0.05) is 38.4 Å². The van der Waals surface area contributed by atoms with Crippen LogP contribution in [-0.2, 0) is 77.9 Å². The van der Waals surface area contributed by atoms with Crippen LogP contribution in [0.1, 0.15) is 266 Å². The Morgan fingerprint density at radius 1 is 0.400 bits per heavy atom. The van der Waals surface area contributed by atoms with Gasteiger partial charge in [0.15, 0.2) is 86.9 Å². The Hall–Kier alpha value is -2.19. The van der Waals surface area contributed by atoms with Gasteiger partial charge in [-0.15, -0.1) is 0 Å². The number of hydrogen-bond acceptors (Lipinski definition) is 17. The van der Waals surface area contributed by atoms with Gasteiger partial charge in [0.05, 0.1) is 73.5 Å². The van der Waals surface area contributed by atoms with Gasteiger partial charge in [0.2, 0.25) is 0 Å². The predicted molar refractivity (Wildman–Crippen MR) is 576 cm³/mol. The summed E-state index contributed by atoms with van der Waals surface area (Å²) < 4.78 is 152. The monoisotopic (exact) mass is 2060 g/mol. The minimum absolute atomic E-state index is 0.0214. The van der Waals surface area contributed by atoms with E-state index < -0.39 is 184 Å². The van der Waals surface area contributed by atoms with Crippen molar-refractivity contribution in [2.24, 2.45) is 17.8 Å². The van der Waals surface area contributed by atoms with Crippen molar-refractivity contribution in [1.29, 1.82) is 0 Å². The number of allylic oxidation sites excluding steroid dienone is 12. The van der Waals surface area contributed by atoms with Gasteiger partial charge in [-0.25, -0.2) is 0 Å². The van der Waals surface area contributed by atoms with Gasteiger partial charge >= 0.3 is 24.0 Å². The number of esters is 1. The van der Waals surface area contributed by atoms with E-state index in [1.165, 1.54) is 0 Å². The van der Waals surface area contributed by atoms with E-state index in [4.69, 9.17) is 63.5 Å². The van der Waals surface area contributed by atoms with Gasteiger partial charge in [-0.2, -0.15) is 13.2 Å². The van der Waals surface area contributed by atoms with E-state index in [0.717, 1.165) is 109 Å². The predicted octanol–water partition coefficient (Wildman–Crippen LogP) is 29.4. The second kappa shape index (κ2) is 61.9. The van der Waals surface area contributed by atoms with Crippen LogP contribution in [0, 0.1) is 17.8 Å². The van der Waals surface area contributed by atoms with Crippen molar-refractivity contribution in [3.8, 4) is 0 Å². The topological polar surface area (TPSA) is 213 Å². The van der Waals surface area contributed by atoms with Crippen molar-refractivity contribution < 1.29 is 96.2 Å². The highest BCUT2D eigenvalue weighted by molar-refractivity contribution is 6.77. The number of aliphatic carboxylic acids is 1. The fraction of sp³-hybridized carbons (Fsp3) is 0.837. The lowest BCUT2D eigenvalue weighted by Gasteiger charge is -2.52. The number of carbonyl (C=O) groups excluding carboxylic acids is 2. The average molecular weight is 2060 g/mol. The number of nitrogens with one attached hydrogen (secondary N) is 1. The third kappa shape index (κ3) is 36.8. The molecular formula is C104H200F3NO18Si9. The van der Waals surface area contributed by atoms with Gasteiger partial charge in [0.1, 0.15) is 18.1 Å². The molecule has 2 saturated heterocycles. The van der Waals surface area contributed by atoms with Gasteiger partial charge in [-0.1, -0.05) is 286 Å². The molecule has 3 aliphatic heterocycles. The molecule has 19 nitrogen and oxygen atoms in total. The Morgan fingerprint density at radius 2 is 0.741 bits per heavy atom. The molecule has 19 atom stereocenters. The molecule has 0 aromatic rings. The zero-order valence-electron chi connectivity index (χ0n) is 91.2. The lowest BCUT2D eigenvalue weighted by atomic mass is 9.82. The summed E-state index contributed by atoms with van der Waals surface area (Å²) in [6, 6.07) is 20.6. The molecule has 0 aromatic carbocycles. The number of carbonyl (C=O) groups is 3. The standard InChI is InChI=1S/C104H200F3NO18Si9/c1-33-127(34-2,35-3)118-87-74-75-90(121-130(42-10,43-11)44-12)91(122-131(45-13,46-14)47-15)78-89(120-129(39-7,40-8)41-9)80-103(113-32)81-93(123-132(48-16,49-17)50-18)95(100(110)111)92(117-103)77-86(116-101-99(126-135(57-25,58-26)59-27)96(108-102(112)104(105,106)107)98(85(31)115-101)125-134(54-22,55-23)56-24)73-71-69-67-65-63-61-60-62-64-66-68-70-72-82(28)97(124-133(51-19,52-20)53-21)83(29)84(30)114-94(109)79-88(76-87)119-128(36-4,37-5)38-6/h60-73,82-93,95-99,101H,33-59,74-81H2,1-32H3,(H,108,112)(H,110,111)/t82-,83+,84-,85+,86-,87+,88+,89-,90+,91+,92-,93-,95-,96-,97+,98+,99-,101-,103+/m0/s1. The molecule has 0 unspecified atom stereocenters. The minimum Gasteiger partial charge on any atom is -0.481 e. The second-order valence-electron chi connectivity index (χ2n) is 39.6. The highest BCUT2D eigenvalue weighted by Gasteiger charge is 2.59. The molecule has 3 aliphatic rings. The number of halogens is 3. The van der Waals surface area contributed by atoms with Gasteiger partial charge in [-0.05, 0) is 209 Å². The first-order valence-electron chi connectivity index (χ1n) is 54.2. The van der Waals surface area contributed by atoms with Gasteiger partial charge < -0.3 is 73.9 Å². The summed E-state index contributed by atoms with van der Waals surface area (Å²) in [5.41, 5.74) is 0. The number of carboxylic acids is 1. The summed E-state index contributed by atoms with van der Waals surface area (Å²) in [6.07, 6.45) is 12.9. The third-order valence-corrected chi connectivity index (χ3v) is 75.7. The number of alkyl halides is 3. The molecule has 2 bridgehead atoms. The maximum absolute atomic E-state index is 15.5. The Bertz CT molecular complexity index is 3450. The SMILES string of the molecule is CC[Si](CC)(CC)O[C@@H]1CC[C@@H](O[Si](CC)(CC)CC)[C@H](O[Si](CC)(CC)CC)C[C@H](O[Si](CC)(CC)CC)C[C@]2(OC)C[C@H](O[Si](CC)(CC)CC)[C@@H](C(=O)O)[C@H](C[C@@H](O[C@@H]3O[C@H](C)[C@@H](O[Si](CC)(CC)CC)[C@H](NC(=O)C(F)(F)F)[C@@H]3O[Si](CC)(CC)CC)C=CC=CC=CC=CC=CC=CC=C[C@H](C)[C@@H](O[Si](CC)(CC)CC)[C@H](C)[C@H](C)OC(=O)C[C@H](O[Si](CC)(CC)CC)C1)O2. The maximum Gasteiger partial charge on any atom is 0.471 e. The van der Waals surface area contributed by atoms with Crippen LogP contribution in [0.15, 0.2) is 85.1 Å². The van der Waals surface area contributed by atoms with Crippen LogP contribution in [0.5, 0.6) is 0 Å². The van der Waals surface area contributed by atoms with E-state index in [0.29, 0.717) is 80.1 Å². The molecule has 2 fully saturated rings. The number of hydrogen-bond donors (Lipinski definition) is 2. The zero-order valence-corrected chi connectivity index (χ0v) is 100. The summed E-state index contributed by atoms with van der Waals surface area (Å²) in [6.45, 7) is 67.9. The molecule has 786 valence electrons. The number of fused-ring (bicyclic) bond motifs is 2. The molecule has 0 spiro atoms. The summed E-state index contributed by atoms with van der Waals surface area (Å²) >= 11 is 0. The lowest BCUT2D eigenvalue weighted by molar-refractivity contribution is -0.315. The Labute approximate surface area is 831 Å². The van der Waals surface area contributed by atoms with Crippen LogP contribution in [0.4, 0.5) is 13.2 Å². The van der Waals surface area contributed by atoms with E-state index >= 15 is 22.8 Å². The molecule has 3 heterocycles. The van der Waals surface area contributed by atoms with Crippen molar-refractivity contribution in [3.63, 3.8) is 0 Å². The van der Waals surface area contributed by atoms with E-state index in [-0.39, 0.29) is 55.7 Å². The number of cyclic esters (lactones) is 1. The fourth-order valence-electron chi connectivity index (χ4n) is 21.4. The quantitative estimate of drug-likeness (QED) is 0.0428. The van der Waals surface area contributed by atoms with E-state index in [1.807, 2.05) is 101 Å². The highest BCUT2D eigenvalue weighted by Crippen LogP contribution is 2.48. The number of amides is 1. The van der Waals surface area contributed by atoms with Gasteiger partial charge in [0.25, 0.3) is 0 Å². The molecule has 3 rings (SSSR count). The number of ether oxygens (including phenoxy) is 5. The largest absolute Gasteiger partial charge is 0.481 e. The molecular weight excluding hydrogens is 1860 g/mol. The van der Waals surface area contributed by atoms with Crippen LogP contribution in [-0.4, -0.2) is 209 Å². The first kappa shape index (κ1) is 127. The fourth-order valence-corrected chi connectivity index (χ4v) is 47.6. The van der Waals surface area contributed by atoms with Crippen LogP contribution < -0.4 is 5.32 Å². The summed E-state index contributed by atoms with van der Waals surface area (Å²) in [5.74, 6) is -6.62. The molecule has 0 aromatic heterocycles. The van der Waals surface area contributed by atoms with E-state index in [1.54, 1.807) is 14.0 Å². The van der Waals surface area contributed by atoms with E-state index in [2.05, 4.69) is 197 Å². The Balaban J connectivity index is 2.91. The molecule has 31 heteroatoms. The summed E-state index contributed by atoms with van der Waals surface area (Å²) in [5, 5.41) is 14.8. The van der Waals surface area contributed by atoms with Crippen molar-refractivity contribution in [3.05, 3.63) is 85.1 Å². The van der Waals surface area contributed by atoms with Crippen molar-refractivity contribution in [2.75, 3.05) is 7.11 Å². The Morgan fingerprint density at radius 3 is 1.13 bits per heavy atom. The summed E-state index contributed by atoms with van der Waals surface area (Å²) in [4.78, 5) is 44.4. The number of rotatable bonds is 50. The van der Waals surface area contributed by atoms with Crippen LogP contribution in [0.2, 0.25) is 163 Å². The number of methoxy groups -OCH3 is 1. The molecule has 0 saturated carbocycles. The van der Waals surface area contributed by atoms with Crippen LogP contribution in [0.3, 0.4) is 0 Å². The van der Waals surface area contributed by atoms with Crippen LogP contribution in [0.25, 0.3) is 0 Å². The van der Waals surface area contributed by atoms with Crippen molar-refractivity contribution >= 4 is 92.7 Å². The smallest absolute Gasteiger partial charge is 0.471 e. The van der Waals surface area contributed by atoms with Crippen molar-refractivity contribution in [1.82, 2.24) is 5.32 Å². The van der Waals surface area contributed by atoms with E-state index in [9.17, 15) is 9.90 Å². The highest BCUT2D eigenvalue weighted by atomic mass is 28.4. The third-order valence-electron chi connectivity index (χ3n) is 33.7. The van der Waals surface area contributed by atoms with Crippen LogP contribution >= 0.6 is 0 Å². The molecule has 135 heavy (non-hydrogen) atoms. The Kier molecular flexibility index (Phi) is 58.3. The molecule has 2 N–H and O–H groups in total. The molecule has 0 radical (unpaired) electrons. The number of carboxylic acid groups (broad SMARTS) is 1. The first-order valence-corrected chi connectivity index (χ1v) is 77.0. The maximum atomic E-state index is 15.5. The first-order chi connectivity index (χ1) is 64.1. The minimum atomic E-state index is -5.28. The second-order valence-corrected chi connectivity index (χ2v) is 82.2. The lowest BCUT2D eigenvalue weighted by Crippen LogP contribution is -2.69.